The van der Waals surface area contributed by atoms with E-state index >= 15 is 0 Å². The van der Waals surface area contributed by atoms with Crippen LogP contribution in [0.15, 0.2) is 23.4 Å². The highest BCUT2D eigenvalue weighted by molar-refractivity contribution is 7.99. The van der Waals surface area contributed by atoms with Crippen LogP contribution in [-0.4, -0.2) is 47.3 Å². The molecule has 0 fully saturated rings. The number of hydrogen-bond acceptors (Lipinski definition) is 7. The molecule has 0 aliphatic heterocycles. The summed E-state index contributed by atoms with van der Waals surface area (Å²) < 4.78 is 18.0. The summed E-state index contributed by atoms with van der Waals surface area (Å²) in [4.78, 5) is 11.7. The Hall–Kier alpha value is -2.22. The summed E-state index contributed by atoms with van der Waals surface area (Å²) in [5, 5.41) is 9.22. The van der Waals surface area contributed by atoms with Crippen molar-refractivity contribution in [1.82, 2.24) is 14.8 Å². The maximum absolute atomic E-state index is 11.7. The van der Waals surface area contributed by atoms with Gasteiger partial charge in [0.1, 0.15) is 23.0 Å². The van der Waals surface area contributed by atoms with E-state index in [1.165, 1.54) is 11.8 Å². The molecule has 8 heteroatoms. The molecule has 0 spiro atoms. The monoisotopic (exact) mass is 379 g/mol. The molecule has 0 N–H and O–H groups in total. The topological polar surface area (TPSA) is 75.5 Å². The van der Waals surface area contributed by atoms with Crippen molar-refractivity contribution in [2.45, 2.75) is 38.3 Å². The first-order valence-electron chi connectivity index (χ1n) is 8.60. The number of aryl methyl sites for hydroxylation is 1. The number of aromatic nitrogens is 3. The van der Waals surface area contributed by atoms with Gasteiger partial charge >= 0.3 is 5.97 Å². The number of ether oxygens (including phenoxy) is 3. The van der Waals surface area contributed by atoms with Crippen LogP contribution in [0.2, 0.25) is 0 Å². The van der Waals surface area contributed by atoms with Crippen molar-refractivity contribution in [1.29, 1.82) is 0 Å². The summed E-state index contributed by atoms with van der Waals surface area (Å²) in [6.07, 6.45) is 2.80. The van der Waals surface area contributed by atoms with Crippen molar-refractivity contribution >= 4 is 17.7 Å². The van der Waals surface area contributed by atoms with Gasteiger partial charge in [0.05, 0.1) is 26.6 Å². The number of thioether (sulfide) groups is 1. The second-order valence-electron chi connectivity index (χ2n) is 5.44. The molecule has 0 radical (unpaired) electrons. The molecule has 0 aliphatic rings. The molecule has 2 rings (SSSR count). The minimum absolute atomic E-state index is 0.164. The van der Waals surface area contributed by atoms with Crippen LogP contribution < -0.4 is 9.47 Å². The molecule has 7 nitrogen and oxygen atoms in total. The Labute approximate surface area is 158 Å². The van der Waals surface area contributed by atoms with Crippen molar-refractivity contribution in [2.75, 3.05) is 26.6 Å². The van der Waals surface area contributed by atoms with Crippen LogP contribution in [0, 0.1) is 0 Å². The van der Waals surface area contributed by atoms with Gasteiger partial charge in [0.2, 0.25) is 0 Å². The number of benzene rings is 1. The van der Waals surface area contributed by atoms with Gasteiger partial charge in [0.25, 0.3) is 0 Å². The summed E-state index contributed by atoms with van der Waals surface area (Å²) in [7, 11) is 3.22. The fourth-order valence-corrected chi connectivity index (χ4v) is 3.25. The van der Waals surface area contributed by atoms with Gasteiger partial charge in [-0.3, -0.25) is 9.36 Å². The van der Waals surface area contributed by atoms with E-state index in [-0.39, 0.29) is 11.7 Å². The van der Waals surface area contributed by atoms with Crippen molar-refractivity contribution in [3.8, 4) is 17.2 Å². The van der Waals surface area contributed by atoms with Crippen LogP contribution in [0.25, 0.3) is 5.69 Å². The second-order valence-corrected chi connectivity index (χ2v) is 6.39. The molecule has 0 unspecified atom stereocenters. The highest BCUT2D eigenvalue weighted by Crippen LogP contribution is 2.36. The number of nitrogens with zero attached hydrogens (tertiary/aromatic N) is 3. The average molecular weight is 379 g/mol. The molecular formula is C18H25N3O4S. The number of esters is 1. The highest BCUT2D eigenvalue weighted by Gasteiger charge is 2.22. The van der Waals surface area contributed by atoms with Crippen molar-refractivity contribution < 1.29 is 19.0 Å². The van der Waals surface area contributed by atoms with E-state index in [0.29, 0.717) is 23.3 Å². The molecule has 0 atom stereocenters. The highest BCUT2D eigenvalue weighted by atomic mass is 32.2. The Balaban J connectivity index is 2.47. The third-order valence-corrected chi connectivity index (χ3v) is 4.61. The first kappa shape index (κ1) is 20.1. The first-order chi connectivity index (χ1) is 12.7. The fourth-order valence-electron chi connectivity index (χ4n) is 2.49. The molecule has 0 saturated carbocycles. The molecule has 0 aliphatic carbocycles. The zero-order chi connectivity index (χ0) is 18.9. The van der Waals surface area contributed by atoms with Crippen molar-refractivity contribution in [3.63, 3.8) is 0 Å². The van der Waals surface area contributed by atoms with Crippen molar-refractivity contribution in [2.24, 2.45) is 0 Å². The largest absolute Gasteiger partial charge is 0.494 e. The van der Waals surface area contributed by atoms with Crippen molar-refractivity contribution in [3.05, 3.63) is 24.0 Å². The number of carbonyl (C=O) groups excluding carboxylic acids is 1. The maximum Gasteiger partial charge on any atom is 0.316 e. The van der Waals surface area contributed by atoms with Crippen LogP contribution in [0.3, 0.4) is 0 Å². The SMILES string of the molecule is CCCCc1nnc(SCC(=O)OCC)n1-c1c(OC)cccc1OC. The molecule has 1 heterocycles. The summed E-state index contributed by atoms with van der Waals surface area (Å²) in [5.74, 6) is 1.99. The van der Waals surface area contributed by atoms with Gasteiger partial charge in [-0.1, -0.05) is 31.2 Å². The summed E-state index contributed by atoms with van der Waals surface area (Å²) in [6, 6.07) is 5.59. The van der Waals surface area contributed by atoms with Crippen LogP contribution in [0.4, 0.5) is 0 Å². The Morgan fingerprint density at radius 1 is 1.15 bits per heavy atom. The first-order valence-corrected chi connectivity index (χ1v) is 9.58. The lowest BCUT2D eigenvalue weighted by molar-refractivity contribution is -0.139. The lowest BCUT2D eigenvalue weighted by atomic mass is 10.2. The minimum atomic E-state index is -0.283. The predicted octanol–water partition coefficient (Wildman–Crippen LogP) is 3.28. The van der Waals surface area contributed by atoms with Crippen LogP contribution in [-0.2, 0) is 16.0 Å². The van der Waals surface area contributed by atoms with Gasteiger partial charge in [0, 0.05) is 6.42 Å². The second kappa shape index (κ2) is 10.1. The fraction of sp³-hybridized carbons (Fsp3) is 0.500. The van der Waals surface area contributed by atoms with E-state index < -0.39 is 0 Å². The zero-order valence-corrected chi connectivity index (χ0v) is 16.5. The lowest BCUT2D eigenvalue weighted by Gasteiger charge is -2.17. The van der Waals surface area contributed by atoms with Crippen LogP contribution in [0.1, 0.15) is 32.5 Å². The van der Waals surface area contributed by atoms with E-state index in [2.05, 4.69) is 17.1 Å². The molecule has 0 bridgehead atoms. The van der Waals surface area contributed by atoms with Crippen LogP contribution >= 0.6 is 11.8 Å². The Morgan fingerprint density at radius 3 is 2.42 bits per heavy atom. The molecule has 1 aromatic heterocycles. The molecule has 0 saturated heterocycles. The number of methoxy groups -OCH3 is 2. The van der Waals surface area contributed by atoms with Gasteiger partial charge in [-0.2, -0.15) is 0 Å². The molecule has 2 aromatic rings. The maximum atomic E-state index is 11.7. The minimum Gasteiger partial charge on any atom is -0.494 e. The number of rotatable bonds is 10. The van der Waals surface area contributed by atoms with E-state index in [1.807, 2.05) is 22.8 Å². The van der Waals surface area contributed by atoms with Gasteiger partial charge in [-0.15, -0.1) is 10.2 Å². The number of para-hydroxylation sites is 1. The summed E-state index contributed by atoms with van der Waals surface area (Å²) >= 11 is 1.29. The summed E-state index contributed by atoms with van der Waals surface area (Å²) in [6.45, 7) is 4.27. The molecule has 142 valence electrons. The molecule has 0 amide bonds. The smallest absolute Gasteiger partial charge is 0.316 e. The van der Waals surface area contributed by atoms with E-state index in [0.717, 1.165) is 30.8 Å². The quantitative estimate of drug-likeness (QED) is 0.463. The van der Waals surface area contributed by atoms with Gasteiger partial charge < -0.3 is 14.2 Å². The van der Waals surface area contributed by atoms with Gasteiger partial charge in [-0.05, 0) is 25.5 Å². The number of hydrogen-bond donors (Lipinski definition) is 0. The molecular weight excluding hydrogens is 354 g/mol. The molecule has 1 aromatic carbocycles. The third kappa shape index (κ3) is 4.69. The standard InChI is InChI=1S/C18H25N3O4S/c1-5-7-11-15-19-20-18(26-12-16(22)25-6-2)21(15)17-13(23-3)9-8-10-14(17)24-4/h8-10H,5-7,11-12H2,1-4H3. The predicted molar refractivity (Wildman–Crippen MR) is 100 cm³/mol. The third-order valence-electron chi connectivity index (χ3n) is 3.70. The van der Waals surface area contributed by atoms with E-state index in [9.17, 15) is 4.79 Å². The van der Waals surface area contributed by atoms with Crippen LogP contribution in [0.5, 0.6) is 11.5 Å². The number of carbonyl (C=O) groups is 1. The summed E-state index contributed by atoms with van der Waals surface area (Å²) in [5.41, 5.74) is 0.736. The number of unbranched alkanes of at least 4 members (excludes halogenated alkanes) is 1. The normalized spacial score (nSPS) is 10.6. The zero-order valence-electron chi connectivity index (χ0n) is 15.7. The lowest BCUT2D eigenvalue weighted by Crippen LogP contribution is -2.10. The van der Waals surface area contributed by atoms with E-state index in [4.69, 9.17) is 14.2 Å². The van der Waals surface area contributed by atoms with E-state index in [1.54, 1.807) is 21.1 Å². The average Bonchev–Trinajstić information content (AvgIpc) is 3.06. The van der Waals surface area contributed by atoms with Gasteiger partial charge in [0.15, 0.2) is 5.16 Å². The van der Waals surface area contributed by atoms with Gasteiger partial charge in [-0.25, -0.2) is 0 Å². The Morgan fingerprint density at radius 2 is 1.85 bits per heavy atom. The Kier molecular flexibility index (Phi) is 7.77. The molecule has 26 heavy (non-hydrogen) atoms. The Bertz CT molecular complexity index is 711.